The van der Waals surface area contributed by atoms with Crippen molar-refractivity contribution in [3.05, 3.63) is 35.2 Å². The fourth-order valence-corrected chi connectivity index (χ4v) is 4.94. The number of carbonyl (C=O) groups excluding carboxylic acids is 1. The van der Waals surface area contributed by atoms with Gasteiger partial charge in [-0.1, -0.05) is 0 Å². The van der Waals surface area contributed by atoms with Gasteiger partial charge in [0.05, 0.1) is 22.3 Å². The van der Waals surface area contributed by atoms with Gasteiger partial charge >= 0.3 is 0 Å². The molecule has 3 aromatic heterocycles. The van der Waals surface area contributed by atoms with Crippen LogP contribution in [0.15, 0.2) is 24.0 Å². The van der Waals surface area contributed by atoms with Crippen LogP contribution in [0.2, 0.25) is 0 Å². The van der Waals surface area contributed by atoms with Crippen LogP contribution in [0.1, 0.15) is 30.0 Å². The number of rotatable bonds is 2. The first-order chi connectivity index (χ1) is 12.8. The first-order valence-corrected chi connectivity index (χ1v) is 9.93. The summed E-state index contributed by atoms with van der Waals surface area (Å²) >= 11 is 1.67. The van der Waals surface area contributed by atoms with E-state index in [2.05, 4.69) is 25.1 Å². The highest BCUT2D eigenvalue weighted by atomic mass is 32.1. The molecule has 0 spiro atoms. The van der Waals surface area contributed by atoms with Crippen LogP contribution < -0.4 is 4.90 Å². The third-order valence-electron chi connectivity index (χ3n) is 5.46. The molecule has 134 valence electrons. The lowest BCUT2D eigenvalue weighted by molar-refractivity contribution is -0.133. The summed E-state index contributed by atoms with van der Waals surface area (Å²) in [5.41, 5.74) is 3.22. The summed E-state index contributed by atoms with van der Waals surface area (Å²) in [5.74, 6) is 1.20. The standard InChI is InChI=1S/C18H20N6OS/c25-18(12-2-1-3-14-13(12)10-21-22-14)24-7-5-23(6-8-24)17-16-15(4-9-26-16)19-11-20-17/h4,9-12H,1-3,5-8H2,(H,21,22). The van der Waals surface area contributed by atoms with E-state index in [-0.39, 0.29) is 11.8 Å². The van der Waals surface area contributed by atoms with Crippen LogP contribution in [0.25, 0.3) is 10.2 Å². The third kappa shape index (κ3) is 2.56. The topological polar surface area (TPSA) is 78.0 Å². The lowest BCUT2D eigenvalue weighted by atomic mass is 9.86. The van der Waals surface area contributed by atoms with Crippen LogP contribution >= 0.6 is 11.3 Å². The Morgan fingerprint density at radius 2 is 2.12 bits per heavy atom. The van der Waals surface area contributed by atoms with E-state index in [1.54, 1.807) is 17.7 Å². The Bertz CT molecular complexity index is 942. The van der Waals surface area contributed by atoms with Gasteiger partial charge in [0.1, 0.15) is 12.1 Å². The molecular weight excluding hydrogens is 348 g/mol. The number of anilines is 1. The van der Waals surface area contributed by atoms with Crippen LogP contribution in [0.3, 0.4) is 0 Å². The summed E-state index contributed by atoms with van der Waals surface area (Å²) in [4.78, 5) is 26.2. The molecule has 3 aromatic rings. The van der Waals surface area contributed by atoms with Gasteiger partial charge in [-0.3, -0.25) is 9.89 Å². The lowest BCUT2D eigenvalue weighted by Gasteiger charge is -2.37. The molecule has 1 aliphatic carbocycles. The molecule has 8 heteroatoms. The normalized spacial score (nSPS) is 20.4. The summed E-state index contributed by atoms with van der Waals surface area (Å²) in [6.07, 6.45) is 6.43. The van der Waals surface area contributed by atoms with E-state index in [0.717, 1.165) is 72.7 Å². The van der Waals surface area contributed by atoms with Gasteiger partial charge in [-0.2, -0.15) is 5.10 Å². The molecule has 1 atom stereocenters. The van der Waals surface area contributed by atoms with Crippen molar-refractivity contribution in [1.82, 2.24) is 25.1 Å². The number of hydrogen-bond acceptors (Lipinski definition) is 6. The smallest absolute Gasteiger partial charge is 0.230 e. The summed E-state index contributed by atoms with van der Waals surface area (Å²) in [6, 6.07) is 2.02. The molecule has 5 rings (SSSR count). The molecular formula is C18H20N6OS. The average Bonchev–Trinajstić information content (AvgIpc) is 3.36. The highest BCUT2D eigenvalue weighted by molar-refractivity contribution is 7.17. The number of aryl methyl sites for hydroxylation is 1. The maximum Gasteiger partial charge on any atom is 0.230 e. The van der Waals surface area contributed by atoms with Crippen LogP contribution in [0.5, 0.6) is 0 Å². The van der Waals surface area contributed by atoms with Gasteiger partial charge in [0, 0.05) is 37.4 Å². The van der Waals surface area contributed by atoms with Gasteiger partial charge in [-0.25, -0.2) is 9.97 Å². The van der Waals surface area contributed by atoms with Crippen LogP contribution in [0, 0.1) is 0 Å². The minimum absolute atomic E-state index is 0.0351. The Balaban J connectivity index is 1.31. The number of aromatic amines is 1. The minimum Gasteiger partial charge on any atom is -0.352 e. The van der Waals surface area contributed by atoms with Crippen LogP contribution in [-0.4, -0.2) is 57.2 Å². The van der Waals surface area contributed by atoms with Gasteiger partial charge in [-0.15, -0.1) is 11.3 Å². The van der Waals surface area contributed by atoms with Crippen LogP contribution in [0.4, 0.5) is 5.82 Å². The van der Waals surface area contributed by atoms with Crippen molar-refractivity contribution in [2.75, 3.05) is 31.1 Å². The summed E-state index contributed by atoms with van der Waals surface area (Å²) in [6.45, 7) is 3.08. The van der Waals surface area contributed by atoms with Crippen molar-refractivity contribution < 1.29 is 4.79 Å². The monoisotopic (exact) mass is 368 g/mol. The zero-order valence-corrected chi connectivity index (χ0v) is 15.2. The summed E-state index contributed by atoms with van der Waals surface area (Å²) < 4.78 is 1.13. The van der Waals surface area contributed by atoms with E-state index in [1.807, 2.05) is 22.5 Å². The SMILES string of the molecule is O=C(C1CCCc2[nH]ncc21)N1CCN(c2ncnc3ccsc23)CC1. The number of nitrogens with zero attached hydrogens (tertiary/aromatic N) is 5. The Kier molecular flexibility index (Phi) is 3.85. The van der Waals surface area contributed by atoms with E-state index in [0.29, 0.717) is 0 Å². The van der Waals surface area contributed by atoms with E-state index < -0.39 is 0 Å². The molecule has 4 heterocycles. The molecule has 0 radical (unpaired) electrons. The molecule has 1 fully saturated rings. The van der Waals surface area contributed by atoms with E-state index in [1.165, 1.54) is 0 Å². The molecule has 0 saturated carbocycles. The second-order valence-corrected chi connectivity index (χ2v) is 7.81. The first-order valence-electron chi connectivity index (χ1n) is 9.05. The van der Waals surface area contributed by atoms with Crippen molar-refractivity contribution in [1.29, 1.82) is 0 Å². The Labute approximate surface area is 155 Å². The molecule has 1 aliphatic heterocycles. The van der Waals surface area contributed by atoms with Gasteiger partial charge in [0.15, 0.2) is 0 Å². The highest BCUT2D eigenvalue weighted by Crippen LogP contribution is 2.33. The molecule has 1 saturated heterocycles. The molecule has 0 bridgehead atoms. The van der Waals surface area contributed by atoms with Gasteiger partial charge in [0.2, 0.25) is 5.91 Å². The molecule has 1 unspecified atom stereocenters. The average molecular weight is 368 g/mol. The number of hydrogen-bond donors (Lipinski definition) is 1. The third-order valence-corrected chi connectivity index (χ3v) is 6.36. The number of thiophene rings is 1. The van der Waals surface area contributed by atoms with Crippen molar-refractivity contribution >= 4 is 33.3 Å². The fraction of sp³-hybridized carbons (Fsp3) is 0.444. The zero-order chi connectivity index (χ0) is 17.5. The molecule has 7 nitrogen and oxygen atoms in total. The molecule has 1 N–H and O–H groups in total. The summed E-state index contributed by atoms with van der Waals surface area (Å²) in [7, 11) is 0. The van der Waals surface area contributed by atoms with E-state index in [4.69, 9.17) is 0 Å². The largest absolute Gasteiger partial charge is 0.352 e. The van der Waals surface area contributed by atoms with Crippen LogP contribution in [-0.2, 0) is 11.2 Å². The number of carbonyl (C=O) groups is 1. The van der Waals surface area contributed by atoms with Gasteiger partial charge in [0.25, 0.3) is 0 Å². The van der Waals surface area contributed by atoms with E-state index >= 15 is 0 Å². The zero-order valence-electron chi connectivity index (χ0n) is 14.4. The maximum atomic E-state index is 13.1. The predicted octanol–water partition coefficient (Wildman–Crippen LogP) is 2.18. The molecule has 1 amide bonds. The number of H-pyrrole nitrogens is 1. The lowest BCUT2D eigenvalue weighted by Crippen LogP contribution is -2.50. The minimum atomic E-state index is -0.0351. The Morgan fingerprint density at radius 3 is 3.00 bits per heavy atom. The van der Waals surface area contributed by atoms with E-state index in [9.17, 15) is 4.79 Å². The Morgan fingerprint density at radius 1 is 1.23 bits per heavy atom. The number of aromatic nitrogens is 4. The summed E-state index contributed by atoms with van der Waals surface area (Å²) in [5, 5.41) is 9.24. The van der Waals surface area contributed by atoms with Crippen molar-refractivity contribution in [3.63, 3.8) is 0 Å². The first kappa shape index (κ1) is 15.7. The van der Waals surface area contributed by atoms with Crippen molar-refractivity contribution in [3.8, 4) is 0 Å². The molecule has 0 aromatic carbocycles. The molecule has 2 aliphatic rings. The number of piperazine rings is 1. The molecule has 26 heavy (non-hydrogen) atoms. The van der Waals surface area contributed by atoms with Gasteiger partial charge < -0.3 is 9.80 Å². The predicted molar refractivity (Wildman–Crippen MR) is 100 cm³/mol. The second kappa shape index (κ2) is 6.35. The Hall–Kier alpha value is -2.48. The second-order valence-electron chi connectivity index (χ2n) is 6.89. The number of fused-ring (bicyclic) bond motifs is 2. The fourth-order valence-electron chi connectivity index (χ4n) is 4.08. The number of amides is 1. The highest BCUT2D eigenvalue weighted by Gasteiger charge is 2.33. The van der Waals surface area contributed by atoms with Crippen molar-refractivity contribution in [2.45, 2.75) is 25.2 Å². The van der Waals surface area contributed by atoms with Crippen molar-refractivity contribution in [2.24, 2.45) is 0 Å². The van der Waals surface area contributed by atoms with Gasteiger partial charge in [-0.05, 0) is 30.7 Å². The maximum absolute atomic E-state index is 13.1. The number of nitrogens with one attached hydrogen (secondary N) is 1. The quantitative estimate of drug-likeness (QED) is 0.750.